The molecule has 115 valence electrons. The van der Waals surface area contributed by atoms with Crippen molar-refractivity contribution < 1.29 is 0 Å². The fourth-order valence-electron chi connectivity index (χ4n) is 2.65. The van der Waals surface area contributed by atoms with Gasteiger partial charge in [0.1, 0.15) is 0 Å². The summed E-state index contributed by atoms with van der Waals surface area (Å²) in [5.41, 5.74) is 0. The van der Waals surface area contributed by atoms with Crippen LogP contribution in [0.1, 0.15) is 110 Å². The predicted octanol–water partition coefficient (Wildman–Crippen LogP) is 7.33. The molecule has 0 bridgehead atoms. The maximum atomic E-state index is 4.15. The molecule has 0 fully saturated rings. The molecule has 19 heavy (non-hydrogen) atoms. The number of hydrogen-bond donors (Lipinski definition) is 0. The SMILES string of the molecule is [CH2]C(CC)CCCCCCCCCCCCCCC. The fraction of sp³-hybridized carbons (Fsp3) is 0.947. The Hall–Kier alpha value is 0. The molecule has 1 radical (unpaired) electrons. The molecule has 0 N–H and O–H groups in total. The highest BCUT2D eigenvalue weighted by Crippen LogP contribution is 2.15. The van der Waals surface area contributed by atoms with Crippen molar-refractivity contribution in [2.24, 2.45) is 5.92 Å². The fourth-order valence-corrected chi connectivity index (χ4v) is 2.65. The van der Waals surface area contributed by atoms with Crippen LogP contribution in [0.4, 0.5) is 0 Å². The minimum Gasteiger partial charge on any atom is -0.0654 e. The average Bonchev–Trinajstić information content (AvgIpc) is 2.43. The summed E-state index contributed by atoms with van der Waals surface area (Å²) < 4.78 is 0. The molecule has 0 aromatic carbocycles. The molecular formula is C19H39. The lowest BCUT2D eigenvalue weighted by Gasteiger charge is -2.07. The Morgan fingerprint density at radius 3 is 1.32 bits per heavy atom. The molecule has 0 heteroatoms. The highest BCUT2D eigenvalue weighted by molar-refractivity contribution is 4.58. The molecule has 0 aromatic heterocycles. The highest BCUT2D eigenvalue weighted by Gasteiger charge is 1.98. The molecule has 0 rings (SSSR count). The molecule has 1 unspecified atom stereocenters. The van der Waals surface area contributed by atoms with Gasteiger partial charge in [0.25, 0.3) is 0 Å². The van der Waals surface area contributed by atoms with Gasteiger partial charge < -0.3 is 0 Å². The van der Waals surface area contributed by atoms with Crippen molar-refractivity contribution in [1.29, 1.82) is 0 Å². The normalized spacial score (nSPS) is 12.8. The van der Waals surface area contributed by atoms with Crippen molar-refractivity contribution in [2.75, 3.05) is 0 Å². The highest BCUT2D eigenvalue weighted by atomic mass is 14.0. The van der Waals surface area contributed by atoms with Crippen molar-refractivity contribution in [3.8, 4) is 0 Å². The average molecular weight is 268 g/mol. The molecule has 0 spiro atoms. The van der Waals surface area contributed by atoms with E-state index in [9.17, 15) is 0 Å². The van der Waals surface area contributed by atoms with E-state index < -0.39 is 0 Å². The molecule has 0 saturated heterocycles. The van der Waals surface area contributed by atoms with Gasteiger partial charge in [-0.05, 0) is 5.92 Å². The van der Waals surface area contributed by atoms with Crippen molar-refractivity contribution >= 4 is 0 Å². The van der Waals surface area contributed by atoms with E-state index >= 15 is 0 Å². The predicted molar refractivity (Wildman–Crippen MR) is 89.5 cm³/mol. The van der Waals surface area contributed by atoms with E-state index in [1.807, 2.05) is 0 Å². The van der Waals surface area contributed by atoms with E-state index in [2.05, 4.69) is 20.8 Å². The summed E-state index contributed by atoms with van der Waals surface area (Å²) in [6, 6.07) is 0. The zero-order chi connectivity index (χ0) is 14.2. The Morgan fingerprint density at radius 1 is 0.579 bits per heavy atom. The quantitative estimate of drug-likeness (QED) is 0.272. The Kier molecular flexibility index (Phi) is 16.1. The van der Waals surface area contributed by atoms with Crippen LogP contribution in [0, 0.1) is 12.8 Å². The first-order chi connectivity index (χ1) is 9.31. The Labute approximate surface area is 123 Å². The third kappa shape index (κ3) is 15.9. The van der Waals surface area contributed by atoms with Crippen LogP contribution in [0.5, 0.6) is 0 Å². The number of rotatable bonds is 15. The van der Waals surface area contributed by atoms with Gasteiger partial charge in [0.15, 0.2) is 0 Å². The molecule has 0 aliphatic rings. The van der Waals surface area contributed by atoms with Gasteiger partial charge in [-0.3, -0.25) is 0 Å². The van der Waals surface area contributed by atoms with E-state index in [1.165, 1.54) is 96.3 Å². The Bertz CT molecular complexity index is 150. The second-order valence-corrected chi connectivity index (χ2v) is 6.31. The first kappa shape index (κ1) is 19.0. The third-order valence-electron chi connectivity index (χ3n) is 4.29. The largest absolute Gasteiger partial charge is 0.0654 e. The van der Waals surface area contributed by atoms with E-state index in [1.54, 1.807) is 0 Å². The molecule has 0 amide bonds. The molecule has 0 heterocycles. The summed E-state index contributed by atoms with van der Waals surface area (Å²) in [5.74, 6) is 0.702. The minimum atomic E-state index is 0.702. The first-order valence-electron chi connectivity index (χ1n) is 9.14. The van der Waals surface area contributed by atoms with Gasteiger partial charge >= 0.3 is 0 Å². The molecule has 0 nitrogen and oxygen atoms in total. The Morgan fingerprint density at radius 2 is 0.947 bits per heavy atom. The van der Waals surface area contributed by atoms with E-state index in [0.717, 1.165) is 0 Å². The van der Waals surface area contributed by atoms with Crippen LogP contribution < -0.4 is 0 Å². The lowest BCUT2D eigenvalue weighted by Crippen LogP contribution is -1.92. The third-order valence-corrected chi connectivity index (χ3v) is 4.29. The molecule has 1 atom stereocenters. The van der Waals surface area contributed by atoms with Gasteiger partial charge in [0.05, 0.1) is 0 Å². The first-order valence-corrected chi connectivity index (χ1v) is 9.14. The van der Waals surface area contributed by atoms with Gasteiger partial charge in [0.2, 0.25) is 0 Å². The summed E-state index contributed by atoms with van der Waals surface area (Å²) in [6.45, 7) is 8.69. The standard InChI is InChI=1S/C19H39/c1-4-6-7-8-9-10-11-12-13-14-15-16-17-18-19(3)5-2/h19H,3-18H2,1-2H3. The maximum Gasteiger partial charge on any atom is -0.0417 e. The second kappa shape index (κ2) is 16.1. The van der Waals surface area contributed by atoms with E-state index in [0.29, 0.717) is 5.92 Å². The van der Waals surface area contributed by atoms with Gasteiger partial charge in [0, 0.05) is 0 Å². The molecule has 0 aliphatic heterocycles. The second-order valence-electron chi connectivity index (χ2n) is 6.31. The van der Waals surface area contributed by atoms with E-state index in [-0.39, 0.29) is 0 Å². The number of unbranched alkanes of at least 4 members (excludes halogenated alkanes) is 12. The zero-order valence-corrected chi connectivity index (χ0v) is 13.9. The summed E-state index contributed by atoms with van der Waals surface area (Å²) >= 11 is 0. The lowest BCUT2D eigenvalue weighted by molar-refractivity contribution is 0.498. The zero-order valence-electron chi connectivity index (χ0n) is 13.9. The summed E-state index contributed by atoms with van der Waals surface area (Å²) in [6.07, 6.45) is 21.4. The van der Waals surface area contributed by atoms with Crippen LogP contribution in [0.3, 0.4) is 0 Å². The van der Waals surface area contributed by atoms with Crippen molar-refractivity contribution in [2.45, 2.75) is 110 Å². The maximum absolute atomic E-state index is 4.15. The van der Waals surface area contributed by atoms with Crippen LogP contribution in [-0.4, -0.2) is 0 Å². The van der Waals surface area contributed by atoms with Crippen LogP contribution in [0.15, 0.2) is 0 Å². The molecular weight excluding hydrogens is 228 g/mol. The van der Waals surface area contributed by atoms with Crippen molar-refractivity contribution in [3.63, 3.8) is 0 Å². The van der Waals surface area contributed by atoms with Crippen LogP contribution in [0.25, 0.3) is 0 Å². The van der Waals surface area contributed by atoms with Gasteiger partial charge in [-0.25, -0.2) is 0 Å². The van der Waals surface area contributed by atoms with Crippen molar-refractivity contribution in [3.05, 3.63) is 6.92 Å². The van der Waals surface area contributed by atoms with Crippen molar-refractivity contribution in [1.82, 2.24) is 0 Å². The monoisotopic (exact) mass is 267 g/mol. The summed E-state index contributed by atoms with van der Waals surface area (Å²) in [7, 11) is 0. The van der Waals surface area contributed by atoms with Gasteiger partial charge in [-0.2, -0.15) is 0 Å². The van der Waals surface area contributed by atoms with Crippen LogP contribution in [-0.2, 0) is 0 Å². The van der Waals surface area contributed by atoms with Gasteiger partial charge in [-0.15, -0.1) is 0 Å². The number of hydrogen-bond acceptors (Lipinski definition) is 0. The lowest BCUT2D eigenvalue weighted by atomic mass is 9.99. The molecule has 0 saturated carbocycles. The molecule has 0 aliphatic carbocycles. The summed E-state index contributed by atoms with van der Waals surface area (Å²) in [5, 5.41) is 0. The van der Waals surface area contributed by atoms with Gasteiger partial charge in [-0.1, -0.05) is 117 Å². The minimum absolute atomic E-state index is 0.702. The topological polar surface area (TPSA) is 0 Å². The molecule has 0 aromatic rings. The summed E-state index contributed by atoms with van der Waals surface area (Å²) in [4.78, 5) is 0. The Balaban J connectivity index is 2.95. The smallest absolute Gasteiger partial charge is 0.0417 e. The van der Waals surface area contributed by atoms with Crippen LogP contribution in [0.2, 0.25) is 0 Å². The van der Waals surface area contributed by atoms with Crippen LogP contribution >= 0.6 is 0 Å². The van der Waals surface area contributed by atoms with E-state index in [4.69, 9.17) is 0 Å².